The molecule has 5 nitrogen and oxygen atoms in total. The molecule has 6 heteroatoms. The van der Waals surface area contributed by atoms with Crippen molar-refractivity contribution in [1.29, 1.82) is 0 Å². The molecule has 0 saturated carbocycles. The number of rotatable bonds is 6. The van der Waals surface area contributed by atoms with Crippen molar-refractivity contribution in [3.63, 3.8) is 0 Å². The lowest BCUT2D eigenvalue weighted by Gasteiger charge is -2.13. The molecule has 0 amide bonds. The molecular weight excluding hydrogens is 312 g/mol. The molecule has 1 unspecified atom stereocenters. The minimum Gasteiger partial charge on any atom is -0.376 e. The zero-order chi connectivity index (χ0) is 16.1. The van der Waals surface area contributed by atoms with Gasteiger partial charge in [-0.25, -0.2) is 4.98 Å². The number of nitrogens with one attached hydrogen (secondary N) is 2. The Morgan fingerprint density at radius 2 is 2.13 bits per heavy atom. The fourth-order valence-corrected chi connectivity index (χ4v) is 2.78. The molecular formula is C17H21ClN4O. The van der Waals surface area contributed by atoms with E-state index in [4.69, 9.17) is 16.3 Å². The maximum absolute atomic E-state index is 6.18. The lowest BCUT2D eigenvalue weighted by atomic mass is 10.2. The SMILES string of the molecule is Cc1cc(NCc2ccccc2Cl)nc(NCC2CCCO2)n1. The van der Waals surface area contributed by atoms with Crippen molar-refractivity contribution in [1.82, 2.24) is 9.97 Å². The Hall–Kier alpha value is -1.85. The largest absolute Gasteiger partial charge is 0.376 e. The fraction of sp³-hybridized carbons (Fsp3) is 0.412. The number of ether oxygens (including phenoxy) is 1. The summed E-state index contributed by atoms with van der Waals surface area (Å²) >= 11 is 6.18. The standard InChI is InChI=1S/C17H21ClN4O/c1-12-9-16(19-10-13-5-2-3-7-15(13)18)22-17(21-12)20-11-14-6-4-8-23-14/h2-3,5,7,9,14H,4,6,8,10-11H2,1H3,(H2,19,20,21,22). The second-order valence-corrected chi connectivity index (χ2v) is 6.09. The third kappa shape index (κ3) is 4.56. The second-order valence-electron chi connectivity index (χ2n) is 5.68. The second kappa shape index (κ2) is 7.62. The van der Waals surface area contributed by atoms with Crippen LogP contribution in [0.15, 0.2) is 30.3 Å². The molecule has 2 N–H and O–H groups in total. The average Bonchev–Trinajstić information content (AvgIpc) is 3.05. The maximum atomic E-state index is 6.18. The van der Waals surface area contributed by atoms with Crippen LogP contribution in [0.2, 0.25) is 5.02 Å². The van der Waals surface area contributed by atoms with E-state index in [1.807, 2.05) is 37.3 Å². The molecule has 1 aromatic heterocycles. The quantitative estimate of drug-likeness (QED) is 0.845. The van der Waals surface area contributed by atoms with Gasteiger partial charge in [0.25, 0.3) is 0 Å². The Bertz CT molecular complexity index is 659. The zero-order valence-corrected chi connectivity index (χ0v) is 13.9. The molecule has 1 saturated heterocycles. The van der Waals surface area contributed by atoms with Crippen molar-refractivity contribution < 1.29 is 4.74 Å². The molecule has 2 aromatic rings. The number of nitrogens with zero attached hydrogens (tertiary/aromatic N) is 2. The Morgan fingerprint density at radius 3 is 2.91 bits per heavy atom. The molecule has 0 radical (unpaired) electrons. The van der Waals surface area contributed by atoms with Gasteiger partial charge < -0.3 is 15.4 Å². The van der Waals surface area contributed by atoms with Crippen LogP contribution in [-0.4, -0.2) is 29.2 Å². The van der Waals surface area contributed by atoms with Gasteiger partial charge in [0.05, 0.1) is 6.10 Å². The van der Waals surface area contributed by atoms with E-state index in [9.17, 15) is 0 Å². The van der Waals surface area contributed by atoms with Crippen LogP contribution in [0.5, 0.6) is 0 Å². The number of halogens is 1. The zero-order valence-electron chi connectivity index (χ0n) is 13.2. The molecule has 122 valence electrons. The summed E-state index contributed by atoms with van der Waals surface area (Å²) in [5.41, 5.74) is 1.95. The van der Waals surface area contributed by atoms with Gasteiger partial charge in [0, 0.05) is 36.5 Å². The summed E-state index contributed by atoms with van der Waals surface area (Å²) in [6, 6.07) is 9.71. The lowest BCUT2D eigenvalue weighted by Crippen LogP contribution is -2.20. The first kappa shape index (κ1) is 16.0. The van der Waals surface area contributed by atoms with Gasteiger partial charge >= 0.3 is 0 Å². The van der Waals surface area contributed by atoms with E-state index in [-0.39, 0.29) is 6.10 Å². The number of hydrogen-bond acceptors (Lipinski definition) is 5. The number of benzene rings is 1. The highest BCUT2D eigenvalue weighted by atomic mass is 35.5. The third-order valence-electron chi connectivity index (χ3n) is 3.78. The lowest BCUT2D eigenvalue weighted by molar-refractivity contribution is 0.120. The molecule has 0 spiro atoms. The van der Waals surface area contributed by atoms with E-state index in [1.54, 1.807) is 0 Å². The fourth-order valence-electron chi connectivity index (χ4n) is 2.58. The van der Waals surface area contributed by atoms with E-state index in [0.717, 1.165) is 48.1 Å². The van der Waals surface area contributed by atoms with Crippen molar-refractivity contribution in [2.75, 3.05) is 23.8 Å². The van der Waals surface area contributed by atoms with Crippen LogP contribution in [0.25, 0.3) is 0 Å². The summed E-state index contributed by atoms with van der Waals surface area (Å²) in [7, 11) is 0. The molecule has 0 aliphatic carbocycles. The minimum absolute atomic E-state index is 0.263. The highest BCUT2D eigenvalue weighted by Crippen LogP contribution is 2.18. The first-order valence-corrected chi connectivity index (χ1v) is 8.27. The van der Waals surface area contributed by atoms with Crippen molar-refractivity contribution >= 4 is 23.4 Å². The summed E-state index contributed by atoms with van der Waals surface area (Å²) in [6.45, 7) is 4.18. The molecule has 1 aromatic carbocycles. The van der Waals surface area contributed by atoms with Crippen LogP contribution in [-0.2, 0) is 11.3 Å². The number of anilines is 2. The van der Waals surface area contributed by atoms with Gasteiger partial charge in [-0.2, -0.15) is 4.98 Å². The highest BCUT2D eigenvalue weighted by Gasteiger charge is 2.15. The topological polar surface area (TPSA) is 59.1 Å². The molecule has 0 bridgehead atoms. The van der Waals surface area contributed by atoms with Crippen LogP contribution in [0.4, 0.5) is 11.8 Å². The van der Waals surface area contributed by atoms with E-state index in [1.165, 1.54) is 0 Å². The molecule has 2 heterocycles. The maximum Gasteiger partial charge on any atom is 0.224 e. The van der Waals surface area contributed by atoms with Crippen LogP contribution in [0.1, 0.15) is 24.1 Å². The molecule has 1 atom stereocenters. The molecule has 3 rings (SSSR count). The predicted octanol–water partition coefficient (Wildman–Crippen LogP) is 3.64. The Labute approximate surface area is 141 Å². The van der Waals surface area contributed by atoms with Crippen LogP contribution in [0, 0.1) is 6.92 Å². The molecule has 1 aliphatic heterocycles. The van der Waals surface area contributed by atoms with E-state index in [2.05, 4.69) is 20.6 Å². The van der Waals surface area contributed by atoms with Crippen LogP contribution in [0.3, 0.4) is 0 Å². The van der Waals surface area contributed by atoms with Gasteiger partial charge in [-0.3, -0.25) is 0 Å². The summed E-state index contributed by atoms with van der Waals surface area (Å²) in [5.74, 6) is 1.41. The number of aromatic nitrogens is 2. The Balaban J connectivity index is 1.61. The van der Waals surface area contributed by atoms with Crippen molar-refractivity contribution in [2.45, 2.75) is 32.4 Å². The smallest absolute Gasteiger partial charge is 0.224 e. The van der Waals surface area contributed by atoms with E-state index in [0.29, 0.717) is 12.5 Å². The van der Waals surface area contributed by atoms with Gasteiger partial charge in [0.1, 0.15) is 5.82 Å². The summed E-state index contributed by atoms with van der Waals surface area (Å²) in [5, 5.41) is 7.32. The van der Waals surface area contributed by atoms with Gasteiger partial charge in [0.2, 0.25) is 5.95 Å². The predicted molar refractivity (Wildman–Crippen MR) is 93.0 cm³/mol. The van der Waals surface area contributed by atoms with Crippen molar-refractivity contribution in [2.24, 2.45) is 0 Å². The first-order valence-electron chi connectivity index (χ1n) is 7.89. The Morgan fingerprint density at radius 1 is 1.26 bits per heavy atom. The summed E-state index contributed by atoms with van der Waals surface area (Å²) < 4.78 is 5.61. The molecule has 23 heavy (non-hydrogen) atoms. The highest BCUT2D eigenvalue weighted by molar-refractivity contribution is 6.31. The van der Waals surface area contributed by atoms with Crippen LogP contribution < -0.4 is 10.6 Å². The van der Waals surface area contributed by atoms with Gasteiger partial charge in [0.15, 0.2) is 0 Å². The van der Waals surface area contributed by atoms with Crippen LogP contribution >= 0.6 is 11.6 Å². The van der Waals surface area contributed by atoms with E-state index < -0.39 is 0 Å². The van der Waals surface area contributed by atoms with Gasteiger partial charge in [-0.15, -0.1) is 0 Å². The van der Waals surface area contributed by atoms with Gasteiger partial charge in [-0.1, -0.05) is 29.8 Å². The minimum atomic E-state index is 0.263. The monoisotopic (exact) mass is 332 g/mol. The normalized spacial score (nSPS) is 17.2. The first-order chi connectivity index (χ1) is 11.2. The molecule has 1 fully saturated rings. The van der Waals surface area contributed by atoms with Crippen molar-refractivity contribution in [3.8, 4) is 0 Å². The third-order valence-corrected chi connectivity index (χ3v) is 4.15. The van der Waals surface area contributed by atoms with Gasteiger partial charge in [-0.05, 0) is 31.4 Å². The Kier molecular flexibility index (Phi) is 5.31. The number of hydrogen-bond donors (Lipinski definition) is 2. The summed E-state index contributed by atoms with van der Waals surface area (Å²) in [6.07, 6.45) is 2.49. The molecule has 1 aliphatic rings. The summed E-state index contributed by atoms with van der Waals surface area (Å²) in [4.78, 5) is 8.93. The van der Waals surface area contributed by atoms with Crippen molar-refractivity contribution in [3.05, 3.63) is 46.6 Å². The average molecular weight is 333 g/mol. The van der Waals surface area contributed by atoms with E-state index >= 15 is 0 Å². The number of aryl methyl sites for hydroxylation is 1.